The second kappa shape index (κ2) is 70.6. The van der Waals surface area contributed by atoms with Crippen LogP contribution in [0, 0.1) is 0 Å². The molecule has 0 aliphatic heterocycles. The third kappa shape index (κ3) is 67.1. The average Bonchev–Trinajstić information content (AvgIpc) is 3.47. The highest BCUT2D eigenvalue weighted by Crippen LogP contribution is 2.19. The van der Waals surface area contributed by atoms with Gasteiger partial charge in [-0.25, -0.2) is 0 Å². The minimum atomic E-state index is -0.664. The first-order valence-corrected chi connectivity index (χ1v) is 36.7. The maximum atomic E-state index is 12.5. The Hall–Kier alpha value is -1.92. The van der Waals surface area contributed by atoms with Crippen LogP contribution < -0.4 is 5.32 Å². The Kier molecular flexibility index (Phi) is 68.9. The molecule has 0 aliphatic carbocycles. The average molecular weight is 1140 g/mol. The van der Waals surface area contributed by atoms with Crippen LogP contribution in [0.2, 0.25) is 0 Å². The Bertz CT molecular complexity index is 1310. The summed E-state index contributed by atoms with van der Waals surface area (Å²) in [5.41, 5.74) is 0. The van der Waals surface area contributed by atoms with E-state index in [-0.39, 0.29) is 18.5 Å². The molecule has 3 N–H and O–H groups in total. The number of aliphatic hydroxyl groups excluding tert-OH is 2. The fourth-order valence-electron chi connectivity index (χ4n) is 11.6. The first-order chi connectivity index (χ1) is 40.0. The number of hydrogen-bond donors (Lipinski definition) is 3. The summed E-state index contributed by atoms with van der Waals surface area (Å²) in [5.74, 6) is -0.0260. The van der Waals surface area contributed by atoms with E-state index >= 15 is 0 Å². The molecule has 0 aromatic heterocycles. The number of aliphatic hydroxyl groups is 2. The van der Waals surface area contributed by atoms with Crippen LogP contribution in [0.3, 0.4) is 0 Å². The molecule has 2 unspecified atom stereocenters. The van der Waals surface area contributed by atoms with Crippen molar-refractivity contribution in [3.63, 3.8) is 0 Å². The summed E-state index contributed by atoms with van der Waals surface area (Å²) in [6.07, 6.45) is 90.7. The van der Waals surface area contributed by atoms with E-state index in [2.05, 4.69) is 55.6 Å². The van der Waals surface area contributed by atoms with Crippen molar-refractivity contribution in [2.45, 2.75) is 418 Å². The second-order valence-corrected chi connectivity index (χ2v) is 25.3. The number of carbonyl (C=O) groups is 2. The third-order valence-electron chi connectivity index (χ3n) is 17.1. The molecule has 0 aliphatic rings. The number of ether oxygens (including phenoxy) is 1. The zero-order chi connectivity index (χ0) is 58.5. The number of amides is 1. The van der Waals surface area contributed by atoms with Gasteiger partial charge in [-0.05, 0) is 77.0 Å². The lowest BCUT2D eigenvalue weighted by Crippen LogP contribution is -2.45. The van der Waals surface area contributed by atoms with Gasteiger partial charge in [-0.15, -0.1) is 0 Å². The first kappa shape index (κ1) is 79.1. The van der Waals surface area contributed by atoms with Crippen molar-refractivity contribution in [1.29, 1.82) is 0 Å². The topological polar surface area (TPSA) is 95.9 Å². The molecule has 0 saturated carbocycles. The second-order valence-electron chi connectivity index (χ2n) is 25.3. The quantitative estimate of drug-likeness (QED) is 0.0320. The molecule has 0 aromatic rings. The summed E-state index contributed by atoms with van der Waals surface area (Å²) in [4.78, 5) is 24.6. The standard InChI is InChI=1S/C75H143NO5/c1-3-5-7-9-11-13-15-17-18-19-20-34-37-40-44-47-51-55-59-63-67-73(78)72(71-77)76-74(79)68-64-60-56-52-48-45-41-38-35-32-30-28-26-24-22-21-23-25-27-29-31-33-36-39-42-46-50-54-58-62-66-70-81-75(80)69-65-61-57-53-49-43-16-14-12-10-8-6-4-2/h8,10,14,16,23,25,72-73,77-78H,3-7,9,11-13,15,17-22,24,26-71H2,1-2H3,(H,76,79)/b10-8-,16-14-,25-23-. The minimum absolute atomic E-state index is 0.00270. The Balaban J connectivity index is 3.37. The SMILES string of the molecule is CCC/C=C\C/C=C\CCCCCCCC(=O)OCCCCCCCCCCCCCC/C=C\CCCCCCCCCCCCCCCCCC(=O)NC(CO)C(O)CCCCCCCCCCCCCCCCCCCCCC. The van der Waals surface area contributed by atoms with E-state index in [0.717, 1.165) is 51.4 Å². The summed E-state index contributed by atoms with van der Waals surface area (Å²) >= 11 is 0. The Morgan fingerprint density at radius 1 is 0.346 bits per heavy atom. The summed E-state index contributed by atoms with van der Waals surface area (Å²) < 4.78 is 5.48. The van der Waals surface area contributed by atoms with Crippen molar-refractivity contribution in [1.82, 2.24) is 5.32 Å². The highest BCUT2D eigenvalue weighted by molar-refractivity contribution is 5.76. The lowest BCUT2D eigenvalue weighted by molar-refractivity contribution is -0.143. The van der Waals surface area contributed by atoms with E-state index < -0.39 is 12.1 Å². The van der Waals surface area contributed by atoms with Gasteiger partial charge < -0.3 is 20.3 Å². The van der Waals surface area contributed by atoms with Crippen LogP contribution in [0.25, 0.3) is 0 Å². The Morgan fingerprint density at radius 3 is 1.00 bits per heavy atom. The number of rotatable bonds is 69. The van der Waals surface area contributed by atoms with E-state index in [0.29, 0.717) is 25.9 Å². The predicted molar refractivity (Wildman–Crippen MR) is 356 cm³/mol. The van der Waals surface area contributed by atoms with Crippen molar-refractivity contribution in [2.75, 3.05) is 13.2 Å². The van der Waals surface area contributed by atoms with Crippen LogP contribution in [0.4, 0.5) is 0 Å². The van der Waals surface area contributed by atoms with Crippen molar-refractivity contribution >= 4 is 11.9 Å². The van der Waals surface area contributed by atoms with Gasteiger partial charge in [-0.1, -0.05) is 352 Å². The molecule has 0 saturated heterocycles. The maximum absolute atomic E-state index is 12.5. The van der Waals surface area contributed by atoms with E-state index in [1.165, 1.54) is 321 Å². The molecule has 6 heteroatoms. The van der Waals surface area contributed by atoms with Crippen LogP contribution in [0.15, 0.2) is 36.5 Å². The van der Waals surface area contributed by atoms with Crippen LogP contribution in [-0.2, 0) is 14.3 Å². The van der Waals surface area contributed by atoms with Crippen molar-refractivity contribution in [3.05, 3.63) is 36.5 Å². The lowest BCUT2D eigenvalue weighted by atomic mass is 10.0. The fraction of sp³-hybridized carbons (Fsp3) is 0.893. The molecule has 0 bridgehead atoms. The monoisotopic (exact) mass is 1140 g/mol. The molecule has 81 heavy (non-hydrogen) atoms. The van der Waals surface area contributed by atoms with Gasteiger partial charge in [0, 0.05) is 12.8 Å². The highest BCUT2D eigenvalue weighted by Gasteiger charge is 2.20. The van der Waals surface area contributed by atoms with E-state index in [4.69, 9.17) is 4.74 Å². The van der Waals surface area contributed by atoms with E-state index in [1.807, 2.05) is 0 Å². The van der Waals surface area contributed by atoms with Gasteiger partial charge >= 0.3 is 5.97 Å². The molecule has 1 amide bonds. The zero-order valence-corrected chi connectivity index (χ0v) is 54.8. The molecular weight excluding hydrogens is 995 g/mol. The minimum Gasteiger partial charge on any atom is -0.466 e. The van der Waals surface area contributed by atoms with Gasteiger partial charge in [0.1, 0.15) is 0 Å². The summed E-state index contributed by atoms with van der Waals surface area (Å²) in [6.45, 7) is 4.92. The van der Waals surface area contributed by atoms with Crippen LogP contribution in [0.5, 0.6) is 0 Å². The number of esters is 1. The van der Waals surface area contributed by atoms with Crippen LogP contribution in [-0.4, -0.2) is 47.4 Å². The number of allylic oxidation sites excluding steroid dienone is 6. The summed E-state index contributed by atoms with van der Waals surface area (Å²) in [5, 5.41) is 23.4. The molecule has 0 fully saturated rings. The molecular formula is C75H143NO5. The van der Waals surface area contributed by atoms with Crippen molar-refractivity contribution < 1.29 is 24.5 Å². The smallest absolute Gasteiger partial charge is 0.305 e. The molecule has 6 nitrogen and oxygen atoms in total. The first-order valence-electron chi connectivity index (χ1n) is 36.7. The lowest BCUT2D eigenvalue weighted by Gasteiger charge is -2.22. The molecule has 0 spiro atoms. The number of carbonyl (C=O) groups excluding carboxylic acids is 2. The fourth-order valence-corrected chi connectivity index (χ4v) is 11.6. The van der Waals surface area contributed by atoms with E-state index in [1.54, 1.807) is 0 Å². The largest absolute Gasteiger partial charge is 0.466 e. The molecule has 0 radical (unpaired) electrons. The number of hydrogen-bond acceptors (Lipinski definition) is 5. The molecule has 0 heterocycles. The van der Waals surface area contributed by atoms with Gasteiger partial charge in [0.05, 0.1) is 25.4 Å². The van der Waals surface area contributed by atoms with Gasteiger partial charge in [0.15, 0.2) is 0 Å². The van der Waals surface area contributed by atoms with Gasteiger partial charge in [-0.3, -0.25) is 9.59 Å². The van der Waals surface area contributed by atoms with Gasteiger partial charge in [0.25, 0.3) is 0 Å². The maximum Gasteiger partial charge on any atom is 0.305 e. The normalized spacial score (nSPS) is 12.7. The molecule has 478 valence electrons. The van der Waals surface area contributed by atoms with E-state index in [9.17, 15) is 19.8 Å². The van der Waals surface area contributed by atoms with Crippen molar-refractivity contribution in [2.24, 2.45) is 0 Å². The Labute approximate surface area is 506 Å². The zero-order valence-electron chi connectivity index (χ0n) is 54.8. The predicted octanol–water partition coefficient (Wildman–Crippen LogP) is 23.9. The molecule has 2 atom stereocenters. The summed E-state index contributed by atoms with van der Waals surface area (Å²) in [7, 11) is 0. The van der Waals surface area contributed by atoms with Crippen LogP contribution >= 0.6 is 0 Å². The third-order valence-corrected chi connectivity index (χ3v) is 17.1. The molecule has 0 aromatic carbocycles. The van der Waals surface area contributed by atoms with Gasteiger partial charge in [-0.2, -0.15) is 0 Å². The van der Waals surface area contributed by atoms with Crippen LogP contribution in [0.1, 0.15) is 406 Å². The van der Waals surface area contributed by atoms with Crippen molar-refractivity contribution in [3.8, 4) is 0 Å². The Morgan fingerprint density at radius 2 is 0.642 bits per heavy atom. The number of unbranched alkanes of at least 4 members (excludes halogenated alkanes) is 52. The highest BCUT2D eigenvalue weighted by atomic mass is 16.5. The molecule has 0 rings (SSSR count). The number of nitrogens with one attached hydrogen (secondary N) is 1. The van der Waals surface area contributed by atoms with Gasteiger partial charge in [0.2, 0.25) is 5.91 Å². The summed E-state index contributed by atoms with van der Waals surface area (Å²) in [6, 6.07) is -0.541.